The lowest BCUT2D eigenvalue weighted by molar-refractivity contribution is 0.265. The van der Waals surface area contributed by atoms with Crippen LogP contribution in [0.1, 0.15) is 0 Å². The zero-order valence-electron chi connectivity index (χ0n) is 8.65. The molecule has 0 aromatic heterocycles. The van der Waals surface area contributed by atoms with Gasteiger partial charge in [-0.15, -0.1) is 0 Å². The number of rotatable bonds is 3. The molecule has 3 heteroatoms. The summed E-state index contributed by atoms with van der Waals surface area (Å²) in [5, 5.41) is 2.83. The van der Waals surface area contributed by atoms with Crippen LogP contribution in [0.2, 0.25) is 5.02 Å². The number of halogens is 1. The van der Waals surface area contributed by atoms with Crippen LogP contribution < -0.4 is 4.74 Å². The molecular weight excluding hydrogens is 224 g/mol. The van der Waals surface area contributed by atoms with E-state index in [1.54, 1.807) is 0 Å². The van der Waals surface area contributed by atoms with Crippen LogP contribution in [0, 0.1) is 0 Å². The van der Waals surface area contributed by atoms with Crippen LogP contribution >= 0.6 is 11.6 Å². The molecule has 2 aromatic rings. The summed E-state index contributed by atoms with van der Waals surface area (Å²) < 4.78 is 10.8. The molecule has 1 heterocycles. The summed E-state index contributed by atoms with van der Waals surface area (Å²) in [6.07, 6.45) is 0.273. The van der Waals surface area contributed by atoms with Gasteiger partial charge in [-0.2, -0.15) is 0 Å². The number of hydrogen-bond donors (Lipinski definition) is 0. The third kappa shape index (κ3) is 1.86. The molecule has 1 aliphatic heterocycles. The van der Waals surface area contributed by atoms with Gasteiger partial charge < -0.3 is 9.47 Å². The lowest BCUT2D eigenvalue weighted by Crippen LogP contribution is -2.04. The quantitative estimate of drug-likeness (QED) is 0.761. The van der Waals surface area contributed by atoms with Crippen molar-refractivity contribution in [3.8, 4) is 5.75 Å². The monoisotopic (exact) mass is 234 g/mol. The fourth-order valence-corrected chi connectivity index (χ4v) is 1.94. The maximum absolute atomic E-state index is 6.12. The number of fused-ring (bicyclic) bond motifs is 1. The largest absolute Gasteiger partial charge is 0.490 e. The molecule has 0 bridgehead atoms. The number of benzene rings is 2. The third-order valence-corrected chi connectivity index (χ3v) is 2.99. The van der Waals surface area contributed by atoms with Gasteiger partial charge in [-0.1, -0.05) is 35.9 Å². The standard InChI is InChI=1S/C13H11ClO2/c14-12-5-6-13(16-8-9-7-15-9)11-4-2-1-3-10(11)12/h1-6,9H,7-8H2. The number of hydrogen-bond acceptors (Lipinski definition) is 2. The predicted molar refractivity (Wildman–Crippen MR) is 64.2 cm³/mol. The molecule has 0 spiro atoms. The van der Waals surface area contributed by atoms with E-state index in [0.29, 0.717) is 6.61 Å². The fourth-order valence-electron chi connectivity index (χ4n) is 1.71. The highest BCUT2D eigenvalue weighted by Crippen LogP contribution is 2.31. The van der Waals surface area contributed by atoms with Gasteiger partial charge in [0.1, 0.15) is 18.5 Å². The molecule has 82 valence electrons. The van der Waals surface area contributed by atoms with Crippen molar-refractivity contribution >= 4 is 22.4 Å². The van der Waals surface area contributed by atoms with E-state index in [4.69, 9.17) is 21.1 Å². The zero-order chi connectivity index (χ0) is 11.0. The van der Waals surface area contributed by atoms with E-state index in [-0.39, 0.29) is 6.10 Å². The second-order valence-corrected chi connectivity index (χ2v) is 4.26. The number of epoxide rings is 1. The van der Waals surface area contributed by atoms with Crippen LogP contribution in [0.15, 0.2) is 36.4 Å². The van der Waals surface area contributed by atoms with Gasteiger partial charge in [-0.05, 0) is 12.1 Å². The smallest absolute Gasteiger partial charge is 0.127 e. The molecule has 0 radical (unpaired) electrons. The molecule has 1 aliphatic rings. The molecule has 2 nitrogen and oxygen atoms in total. The summed E-state index contributed by atoms with van der Waals surface area (Å²) in [7, 11) is 0. The Morgan fingerprint density at radius 1 is 1.19 bits per heavy atom. The van der Waals surface area contributed by atoms with E-state index in [1.807, 2.05) is 36.4 Å². The van der Waals surface area contributed by atoms with Crippen molar-refractivity contribution in [1.29, 1.82) is 0 Å². The molecule has 1 unspecified atom stereocenters. The Morgan fingerprint density at radius 3 is 2.69 bits per heavy atom. The Labute approximate surface area is 98.7 Å². The first-order chi connectivity index (χ1) is 7.84. The van der Waals surface area contributed by atoms with Gasteiger partial charge in [0, 0.05) is 15.8 Å². The van der Waals surface area contributed by atoms with Crippen LogP contribution in [0.3, 0.4) is 0 Å². The SMILES string of the molecule is Clc1ccc(OCC2CO2)c2ccccc12. The summed E-state index contributed by atoms with van der Waals surface area (Å²) in [4.78, 5) is 0. The van der Waals surface area contributed by atoms with Crippen molar-refractivity contribution in [3.05, 3.63) is 41.4 Å². The molecule has 0 saturated carbocycles. The molecular formula is C13H11ClO2. The van der Waals surface area contributed by atoms with Crippen LogP contribution in [-0.2, 0) is 4.74 Å². The Bertz CT molecular complexity index is 520. The van der Waals surface area contributed by atoms with Crippen molar-refractivity contribution in [2.24, 2.45) is 0 Å². The van der Waals surface area contributed by atoms with Gasteiger partial charge in [-0.25, -0.2) is 0 Å². The topological polar surface area (TPSA) is 21.8 Å². The Balaban J connectivity index is 1.99. The summed E-state index contributed by atoms with van der Waals surface area (Å²) in [6.45, 7) is 1.43. The lowest BCUT2D eigenvalue weighted by Gasteiger charge is -2.09. The van der Waals surface area contributed by atoms with E-state index in [0.717, 1.165) is 28.2 Å². The van der Waals surface area contributed by atoms with E-state index in [2.05, 4.69) is 0 Å². The second-order valence-electron chi connectivity index (χ2n) is 3.86. The summed E-state index contributed by atoms with van der Waals surface area (Å²) >= 11 is 6.12. The van der Waals surface area contributed by atoms with Crippen molar-refractivity contribution in [1.82, 2.24) is 0 Å². The average Bonchev–Trinajstić information content (AvgIpc) is 3.13. The maximum Gasteiger partial charge on any atom is 0.127 e. The normalized spacial score (nSPS) is 18.7. The summed E-state index contributed by atoms with van der Waals surface area (Å²) in [5.74, 6) is 0.871. The molecule has 16 heavy (non-hydrogen) atoms. The Hall–Kier alpha value is -1.25. The zero-order valence-corrected chi connectivity index (χ0v) is 9.41. The molecule has 0 N–H and O–H groups in total. The molecule has 1 saturated heterocycles. The molecule has 1 atom stereocenters. The van der Waals surface area contributed by atoms with Crippen molar-refractivity contribution in [2.75, 3.05) is 13.2 Å². The Kier molecular flexibility index (Phi) is 2.46. The van der Waals surface area contributed by atoms with Gasteiger partial charge in [0.05, 0.1) is 6.61 Å². The van der Waals surface area contributed by atoms with E-state index in [9.17, 15) is 0 Å². The van der Waals surface area contributed by atoms with Gasteiger partial charge in [0.15, 0.2) is 0 Å². The van der Waals surface area contributed by atoms with Gasteiger partial charge in [0.2, 0.25) is 0 Å². The van der Waals surface area contributed by atoms with Crippen LogP contribution in [0.4, 0.5) is 0 Å². The van der Waals surface area contributed by atoms with E-state index in [1.165, 1.54) is 0 Å². The first-order valence-corrected chi connectivity index (χ1v) is 5.64. The van der Waals surface area contributed by atoms with Gasteiger partial charge in [-0.3, -0.25) is 0 Å². The average molecular weight is 235 g/mol. The minimum Gasteiger partial charge on any atom is -0.490 e. The maximum atomic E-state index is 6.12. The molecule has 1 fully saturated rings. The minimum absolute atomic E-state index is 0.273. The summed E-state index contributed by atoms with van der Waals surface area (Å²) in [5.41, 5.74) is 0. The summed E-state index contributed by atoms with van der Waals surface area (Å²) in [6, 6.07) is 11.8. The molecule has 2 aromatic carbocycles. The number of ether oxygens (including phenoxy) is 2. The van der Waals surface area contributed by atoms with Crippen molar-refractivity contribution in [3.63, 3.8) is 0 Å². The Morgan fingerprint density at radius 2 is 1.94 bits per heavy atom. The third-order valence-electron chi connectivity index (χ3n) is 2.66. The highest BCUT2D eigenvalue weighted by Gasteiger charge is 2.23. The van der Waals surface area contributed by atoms with Crippen molar-refractivity contribution in [2.45, 2.75) is 6.10 Å². The fraction of sp³-hybridized carbons (Fsp3) is 0.231. The van der Waals surface area contributed by atoms with Gasteiger partial charge >= 0.3 is 0 Å². The predicted octanol–water partition coefficient (Wildman–Crippen LogP) is 3.27. The lowest BCUT2D eigenvalue weighted by atomic mass is 10.1. The minimum atomic E-state index is 0.273. The van der Waals surface area contributed by atoms with Crippen LogP contribution in [-0.4, -0.2) is 19.3 Å². The van der Waals surface area contributed by atoms with Crippen LogP contribution in [0.5, 0.6) is 5.75 Å². The van der Waals surface area contributed by atoms with Gasteiger partial charge in [0.25, 0.3) is 0 Å². The highest BCUT2D eigenvalue weighted by atomic mass is 35.5. The molecule has 0 aliphatic carbocycles. The second kappa shape index (κ2) is 3.96. The first-order valence-electron chi connectivity index (χ1n) is 5.26. The molecule has 3 rings (SSSR count). The van der Waals surface area contributed by atoms with Crippen LogP contribution in [0.25, 0.3) is 10.8 Å². The van der Waals surface area contributed by atoms with Crippen molar-refractivity contribution < 1.29 is 9.47 Å². The molecule has 0 amide bonds. The van der Waals surface area contributed by atoms with E-state index >= 15 is 0 Å². The first kappa shape index (κ1) is 9.94. The van der Waals surface area contributed by atoms with E-state index < -0.39 is 0 Å². The highest BCUT2D eigenvalue weighted by molar-refractivity contribution is 6.35.